The van der Waals surface area contributed by atoms with Gasteiger partial charge in [0.25, 0.3) is 5.91 Å². The molecule has 1 aliphatic heterocycles. The number of pyridine rings is 1. The summed E-state index contributed by atoms with van der Waals surface area (Å²) >= 11 is 0. The van der Waals surface area contributed by atoms with Crippen molar-refractivity contribution in [2.24, 2.45) is 0 Å². The number of benzene rings is 3. The smallest absolute Gasteiger partial charge is 0.255 e. The van der Waals surface area contributed by atoms with E-state index in [1.165, 1.54) is 67.6 Å². The molecule has 2 heterocycles. The van der Waals surface area contributed by atoms with Gasteiger partial charge in [-0.1, -0.05) is 37.1 Å². The fourth-order valence-corrected chi connectivity index (χ4v) is 4.88. The Hall–Kier alpha value is -3.64. The van der Waals surface area contributed by atoms with Crippen molar-refractivity contribution in [3.63, 3.8) is 0 Å². The normalized spacial score (nSPS) is 14.5. The number of nitrogens with zero attached hydrogens (tertiary/aromatic N) is 2. The number of aromatic nitrogens is 1. The van der Waals surface area contributed by atoms with Gasteiger partial charge in [0.15, 0.2) is 0 Å². The van der Waals surface area contributed by atoms with Crippen molar-refractivity contribution in [1.29, 1.82) is 0 Å². The third kappa shape index (κ3) is 5.29. The molecule has 0 spiro atoms. The number of anilines is 1. The number of hydrogen-bond acceptors (Lipinski definition) is 3. The summed E-state index contributed by atoms with van der Waals surface area (Å²) < 4.78 is 27.9. The van der Waals surface area contributed by atoms with Gasteiger partial charge in [0.2, 0.25) is 0 Å². The molecular weight excluding hydrogens is 456 g/mol. The third-order valence-corrected chi connectivity index (χ3v) is 6.90. The van der Waals surface area contributed by atoms with Crippen LogP contribution in [-0.4, -0.2) is 28.9 Å². The van der Waals surface area contributed by atoms with E-state index in [9.17, 15) is 13.6 Å². The van der Waals surface area contributed by atoms with Gasteiger partial charge in [0.1, 0.15) is 11.6 Å². The van der Waals surface area contributed by atoms with Crippen molar-refractivity contribution in [2.45, 2.75) is 39.2 Å². The number of aryl methyl sites for hydroxylation is 1. The molecule has 1 N–H and O–H groups in total. The highest BCUT2D eigenvalue weighted by Gasteiger charge is 2.15. The van der Waals surface area contributed by atoms with Crippen LogP contribution in [0.2, 0.25) is 0 Å². The lowest BCUT2D eigenvalue weighted by molar-refractivity contribution is 0.102. The van der Waals surface area contributed by atoms with Crippen molar-refractivity contribution >= 4 is 22.5 Å². The van der Waals surface area contributed by atoms with Crippen LogP contribution in [0.15, 0.2) is 66.9 Å². The van der Waals surface area contributed by atoms with E-state index in [0.717, 1.165) is 36.1 Å². The van der Waals surface area contributed by atoms with Gasteiger partial charge in [-0.3, -0.25) is 14.7 Å². The summed E-state index contributed by atoms with van der Waals surface area (Å²) in [7, 11) is 0. The monoisotopic (exact) mass is 485 g/mol. The molecule has 1 fully saturated rings. The zero-order valence-electron chi connectivity index (χ0n) is 20.4. The van der Waals surface area contributed by atoms with E-state index in [0.29, 0.717) is 16.8 Å². The van der Waals surface area contributed by atoms with Crippen LogP contribution in [0.25, 0.3) is 22.0 Å². The van der Waals surface area contributed by atoms with Gasteiger partial charge in [-0.15, -0.1) is 0 Å². The Morgan fingerprint density at radius 3 is 2.42 bits per heavy atom. The summed E-state index contributed by atoms with van der Waals surface area (Å²) in [5.74, 6) is -1.33. The molecule has 0 unspecified atom stereocenters. The van der Waals surface area contributed by atoms with Crippen LogP contribution in [0.1, 0.15) is 47.2 Å². The molecule has 0 saturated carbocycles. The van der Waals surface area contributed by atoms with Gasteiger partial charge in [-0.25, -0.2) is 8.78 Å². The van der Waals surface area contributed by atoms with E-state index in [1.807, 2.05) is 25.3 Å². The van der Waals surface area contributed by atoms with Crippen LogP contribution in [-0.2, 0) is 6.54 Å². The molecule has 0 atom stereocenters. The predicted molar refractivity (Wildman–Crippen MR) is 140 cm³/mol. The minimum atomic E-state index is -0.539. The molecule has 3 aromatic carbocycles. The van der Waals surface area contributed by atoms with Gasteiger partial charge in [0, 0.05) is 34.9 Å². The highest BCUT2D eigenvalue weighted by molar-refractivity contribution is 6.06. The van der Waals surface area contributed by atoms with E-state index in [1.54, 1.807) is 6.07 Å². The summed E-state index contributed by atoms with van der Waals surface area (Å²) in [5, 5.41) is 3.93. The Kier molecular flexibility index (Phi) is 7.05. The summed E-state index contributed by atoms with van der Waals surface area (Å²) in [4.78, 5) is 20.1. The van der Waals surface area contributed by atoms with Crippen LogP contribution in [0.4, 0.5) is 14.5 Å². The van der Waals surface area contributed by atoms with Crippen molar-refractivity contribution < 1.29 is 13.6 Å². The van der Waals surface area contributed by atoms with Crippen molar-refractivity contribution in [3.05, 3.63) is 95.2 Å². The molecule has 36 heavy (non-hydrogen) atoms. The Morgan fingerprint density at radius 1 is 0.944 bits per heavy atom. The molecule has 5 rings (SSSR count). The van der Waals surface area contributed by atoms with Gasteiger partial charge in [-0.2, -0.15) is 0 Å². The van der Waals surface area contributed by atoms with Crippen LogP contribution in [0, 0.1) is 18.6 Å². The number of rotatable bonds is 5. The minimum absolute atomic E-state index is 0.207. The molecule has 0 bridgehead atoms. The standard InChI is InChI=1S/C30H29F2N3O/c1-20-28(13-9-23-16-21(18-33-29(20)23)19-35-14-4-2-3-5-15-35)34-30(36)24-8-12-26(27(32)17-24)22-6-10-25(31)11-7-22/h6-13,16-18H,2-5,14-15,19H2,1H3,(H,34,36). The molecular formula is C30H29F2N3O. The molecule has 1 amide bonds. The molecule has 6 heteroatoms. The van der Waals surface area contributed by atoms with Crippen LogP contribution in [0.5, 0.6) is 0 Å². The highest BCUT2D eigenvalue weighted by atomic mass is 19.1. The van der Waals surface area contributed by atoms with Crippen molar-refractivity contribution in [1.82, 2.24) is 9.88 Å². The predicted octanol–water partition coefficient (Wildman–Crippen LogP) is 7.12. The van der Waals surface area contributed by atoms with Crippen LogP contribution >= 0.6 is 0 Å². The maximum absolute atomic E-state index is 14.8. The van der Waals surface area contributed by atoms with Crippen LogP contribution < -0.4 is 5.32 Å². The first-order valence-electron chi connectivity index (χ1n) is 12.5. The summed E-state index contributed by atoms with van der Waals surface area (Å²) in [6, 6.07) is 15.9. The second-order valence-corrected chi connectivity index (χ2v) is 9.50. The Morgan fingerprint density at radius 2 is 1.69 bits per heavy atom. The van der Waals surface area contributed by atoms with Gasteiger partial charge >= 0.3 is 0 Å². The Labute approximate surface area is 210 Å². The first-order valence-corrected chi connectivity index (χ1v) is 12.5. The third-order valence-electron chi connectivity index (χ3n) is 6.90. The van der Waals surface area contributed by atoms with Crippen molar-refractivity contribution in [3.8, 4) is 11.1 Å². The summed E-state index contributed by atoms with van der Waals surface area (Å²) in [6.07, 6.45) is 7.05. The lowest BCUT2D eigenvalue weighted by atomic mass is 10.0. The molecule has 1 saturated heterocycles. The van der Waals surface area contributed by atoms with E-state index in [4.69, 9.17) is 4.98 Å². The maximum Gasteiger partial charge on any atom is 0.255 e. The highest BCUT2D eigenvalue weighted by Crippen LogP contribution is 2.27. The number of carbonyl (C=O) groups excluding carboxylic acids is 1. The lowest BCUT2D eigenvalue weighted by Crippen LogP contribution is -2.24. The summed E-state index contributed by atoms with van der Waals surface area (Å²) in [5.41, 5.74) is 4.61. The number of likely N-dealkylation sites (tertiary alicyclic amines) is 1. The zero-order valence-corrected chi connectivity index (χ0v) is 20.4. The zero-order chi connectivity index (χ0) is 25.1. The average molecular weight is 486 g/mol. The fourth-order valence-electron chi connectivity index (χ4n) is 4.88. The largest absolute Gasteiger partial charge is 0.322 e. The first kappa shape index (κ1) is 24.1. The molecule has 1 aromatic heterocycles. The quantitative estimate of drug-likeness (QED) is 0.327. The minimum Gasteiger partial charge on any atom is -0.322 e. The number of carbonyl (C=O) groups is 1. The number of hydrogen-bond donors (Lipinski definition) is 1. The first-order chi connectivity index (χ1) is 17.5. The number of fused-ring (bicyclic) bond motifs is 1. The number of halogens is 2. The van der Waals surface area contributed by atoms with Crippen LogP contribution in [0.3, 0.4) is 0 Å². The fraction of sp³-hybridized carbons (Fsp3) is 0.267. The lowest BCUT2D eigenvalue weighted by Gasteiger charge is -2.20. The molecule has 0 radical (unpaired) electrons. The number of amides is 1. The number of nitrogens with one attached hydrogen (secondary N) is 1. The van der Waals surface area contributed by atoms with E-state index in [-0.39, 0.29) is 11.4 Å². The molecule has 4 nitrogen and oxygen atoms in total. The van der Waals surface area contributed by atoms with Gasteiger partial charge in [0.05, 0.1) is 5.52 Å². The average Bonchev–Trinajstić information content (AvgIpc) is 3.15. The summed E-state index contributed by atoms with van der Waals surface area (Å²) in [6.45, 7) is 5.10. The van der Waals surface area contributed by atoms with Crippen molar-refractivity contribution in [2.75, 3.05) is 18.4 Å². The van der Waals surface area contributed by atoms with E-state index in [2.05, 4.69) is 16.3 Å². The van der Waals surface area contributed by atoms with E-state index >= 15 is 0 Å². The molecule has 0 aliphatic carbocycles. The molecule has 1 aliphatic rings. The molecule has 4 aromatic rings. The SMILES string of the molecule is Cc1c(NC(=O)c2ccc(-c3ccc(F)cc3)c(F)c2)ccc2cc(CN3CCCCCC3)cnc12. The van der Waals surface area contributed by atoms with Gasteiger partial charge < -0.3 is 5.32 Å². The second kappa shape index (κ2) is 10.5. The van der Waals surface area contributed by atoms with Gasteiger partial charge in [-0.05, 0) is 85.9 Å². The van der Waals surface area contributed by atoms with E-state index < -0.39 is 11.7 Å². The second-order valence-electron chi connectivity index (χ2n) is 9.50. The Bertz CT molecular complexity index is 1390. The molecule has 184 valence electrons. The topological polar surface area (TPSA) is 45.2 Å². The maximum atomic E-state index is 14.8. The Balaban J connectivity index is 1.32.